The van der Waals surface area contributed by atoms with E-state index < -0.39 is 0 Å². The Labute approximate surface area is 159 Å². The number of nitrogens with one attached hydrogen (secondary N) is 3. The van der Waals surface area contributed by atoms with Crippen molar-refractivity contribution < 1.29 is 14.4 Å². The smallest absolute Gasteiger partial charge is 0.262 e. The van der Waals surface area contributed by atoms with Crippen LogP contribution in [-0.2, 0) is 4.79 Å². The molecule has 1 aromatic heterocycles. The first-order valence-corrected chi connectivity index (χ1v) is 9.37. The average molecular weight is 392 g/mol. The maximum absolute atomic E-state index is 12.3. The van der Waals surface area contributed by atoms with Crippen molar-refractivity contribution in [3.63, 3.8) is 0 Å². The van der Waals surface area contributed by atoms with Crippen molar-refractivity contribution in [2.45, 2.75) is 25.8 Å². The zero-order valence-electron chi connectivity index (χ0n) is 14.1. The number of rotatable bonds is 6. The van der Waals surface area contributed by atoms with E-state index in [1.807, 2.05) is 0 Å². The summed E-state index contributed by atoms with van der Waals surface area (Å²) in [7, 11) is 0. The van der Waals surface area contributed by atoms with Crippen LogP contribution in [0.2, 0.25) is 5.02 Å². The van der Waals surface area contributed by atoms with Crippen LogP contribution in [-0.4, -0.2) is 30.3 Å². The van der Waals surface area contributed by atoms with Crippen molar-refractivity contribution in [2.75, 3.05) is 11.9 Å². The summed E-state index contributed by atoms with van der Waals surface area (Å²) in [5.41, 5.74) is 1.09. The zero-order valence-corrected chi connectivity index (χ0v) is 15.7. The molecular formula is C18H18ClN3O3S. The van der Waals surface area contributed by atoms with Gasteiger partial charge in [0.25, 0.3) is 11.8 Å². The van der Waals surface area contributed by atoms with E-state index in [2.05, 4.69) is 16.0 Å². The molecular weight excluding hydrogens is 374 g/mol. The maximum atomic E-state index is 12.3. The quantitative estimate of drug-likeness (QED) is 0.707. The number of hydrogen-bond donors (Lipinski definition) is 3. The highest BCUT2D eigenvalue weighted by molar-refractivity contribution is 7.18. The number of amides is 3. The largest absolute Gasteiger partial charge is 0.352 e. The van der Waals surface area contributed by atoms with Crippen LogP contribution in [0, 0.1) is 6.92 Å². The lowest BCUT2D eigenvalue weighted by Gasteiger charge is -2.05. The molecule has 0 saturated heterocycles. The minimum absolute atomic E-state index is 0.0615. The Morgan fingerprint density at radius 3 is 2.62 bits per heavy atom. The minimum Gasteiger partial charge on any atom is -0.352 e. The van der Waals surface area contributed by atoms with E-state index in [0.717, 1.165) is 29.7 Å². The lowest BCUT2D eigenvalue weighted by Crippen LogP contribution is -2.37. The molecule has 1 aliphatic carbocycles. The number of thiophene rings is 1. The molecule has 3 rings (SSSR count). The summed E-state index contributed by atoms with van der Waals surface area (Å²) < 4.78 is 0. The van der Waals surface area contributed by atoms with Crippen LogP contribution in [0.25, 0.3) is 0 Å². The van der Waals surface area contributed by atoms with Crippen molar-refractivity contribution in [1.29, 1.82) is 0 Å². The Bertz CT molecular complexity index is 861. The SMILES string of the molecule is Cc1cc(NC(=O)c2ccccc2Cl)sc1C(=O)NCC(=O)NC1CC1. The lowest BCUT2D eigenvalue weighted by atomic mass is 10.2. The first-order valence-electron chi connectivity index (χ1n) is 8.18. The van der Waals surface area contributed by atoms with E-state index in [-0.39, 0.29) is 30.3 Å². The van der Waals surface area contributed by atoms with Crippen LogP contribution < -0.4 is 16.0 Å². The molecule has 0 spiro atoms. The second kappa shape index (κ2) is 7.88. The Hall–Kier alpha value is -2.38. The van der Waals surface area contributed by atoms with Crippen molar-refractivity contribution in [2.24, 2.45) is 0 Å². The van der Waals surface area contributed by atoms with E-state index in [4.69, 9.17) is 11.6 Å². The van der Waals surface area contributed by atoms with Crippen LogP contribution in [0.5, 0.6) is 0 Å². The van der Waals surface area contributed by atoms with Gasteiger partial charge in [-0.2, -0.15) is 0 Å². The Morgan fingerprint density at radius 1 is 1.19 bits per heavy atom. The summed E-state index contributed by atoms with van der Waals surface area (Å²) >= 11 is 7.18. The summed E-state index contributed by atoms with van der Waals surface area (Å²) in [6.07, 6.45) is 2.00. The van der Waals surface area contributed by atoms with Gasteiger partial charge in [-0.1, -0.05) is 23.7 Å². The van der Waals surface area contributed by atoms with Gasteiger partial charge in [0.15, 0.2) is 0 Å². The first-order chi connectivity index (χ1) is 12.4. The van der Waals surface area contributed by atoms with Gasteiger partial charge in [-0.05, 0) is 43.5 Å². The van der Waals surface area contributed by atoms with Gasteiger partial charge in [-0.15, -0.1) is 11.3 Å². The molecule has 136 valence electrons. The molecule has 26 heavy (non-hydrogen) atoms. The third kappa shape index (κ3) is 4.62. The van der Waals surface area contributed by atoms with Crippen molar-refractivity contribution >= 4 is 45.7 Å². The molecule has 3 N–H and O–H groups in total. The van der Waals surface area contributed by atoms with Crippen LogP contribution in [0.3, 0.4) is 0 Å². The Morgan fingerprint density at radius 2 is 1.92 bits per heavy atom. The number of anilines is 1. The van der Waals surface area contributed by atoms with Crippen LogP contribution in [0.4, 0.5) is 5.00 Å². The highest BCUT2D eigenvalue weighted by Gasteiger charge is 2.23. The van der Waals surface area contributed by atoms with Gasteiger partial charge in [0.05, 0.1) is 27.0 Å². The number of aryl methyl sites for hydroxylation is 1. The molecule has 1 aromatic carbocycles. The molecule has 2 aromatic rings. The van der Waals surface area contributed by atoms with Gasteiger partial charge < -0.3 is 16.0 Å². The summed E-state index contributed by atoms with van der Waals surface area (Å²) in [6.45, 7) is 1.72. The Kier molecular flexibility index (Phi) is 5.58. The molecule has 0 unspecified atom stereocenters. The molecule has 3 amide bonds. The summed E-state index contributed by atoms with van der Waals surface area (Å²) in [5.74, 6) is -0.869. The number of halogens is 1. The van der Waals surface area contributed by atoms with Crippen molar-refractivity contribution in [1.82, 2.24) is 10.6 Å². The third-order valence-corrected chi connectivity index (χ3v) is 5.31. The van der Waals surface area contributed by atoms with E-state index in [0.29, 0.717) is 20.5 Å². The molecule has 0 radical (unpaired) electrons. The van der Waals surface area contributed by atoms with E-state index in [1.165, 1.54) is 0 Å². The van der Waals surface area contributed by atoms with Gasteiger partial charge in [-0.3, -0.25) is 14.4 Å². The highest BCUT2D eigenvalue weighted by Crippen LogP contribution is 2.27. The average Bonchev–Trinajstić information content (AvgIpc) is 3.34. The predicted molar refractivity (Wildman–Crippen MR) is 102 cm³/mol. The minimum atomic E-state index is -0.340. The predicted octanol–water partition coefficient (Wildman–Crippen LogP) is 2.97. The number of benzene rings is 1. The van der Waals surface area contributed by atoms with Gasteiger partial charge in [0.2, 0.25) is 5.91 Å². The van der Waals surface area contributed by atoms with Gasteiger partial charge in [0.1, 0.15) is 0 Å². The molecule has 0 aliphatic heterocycles. The Balaban J connectivity index is 1.61. The second-order valence-electron chi connectivity index (χ2n) is 6.08. The molecule has 8 heteroatoms. The van der Waals surface area contributed by atoms with Crippen LogP contribution >= 0.6 is 22.9 Å². The number of carbonyl (C=O) groups excluding carboxylic acids is 3. The summed E-state index contributed by atoms with van der Waals surface area (Å²) in [5, 5.41) is 9.07. The molecule has 0 atom stereocenters. The number of carbonyl (C=O) groups is 3. The lowest BCUT2D eigenvalue weighted by molar-refractivity contribution is -0.120. The first kappa shape index (κ1) is 18.4. The van der Waals surface area contributed by atoms with Gasteiger partial charge in [-0.25, -0.2) is 0 Å². The molecule has 6 nitrogen and oxygen atoms in total. The zero-order chi connectivity index (χ0) is 18.7. The van der Waals surface area contributed by atoms with Crippen LogP contribution in [0.1, 0.15) is 38.4 Å². The molecule has 1 heterocycles. The molecule has 0 bridgehead atoms. The monoisotopic (exact) mass is 391 g/mol. The highest BCUT2D eigenvalue weighted by atomic mass is 35.5. The summed E-state index contributed by atoms with van der Waals surface area (Å²) in [6, 6.07) is 8.72. The van der Waals surface area contributed by atoms with Gasteiger partial charge >= 0.3 is 0 Å². The molecule has 1 aliphatic rings. The van der Waals surface area contributed by atoms with E-state index in [9.17, 15) is 14.4 Å². The van der Waals surface area contributed by atoms with E-state index >= 15 is 0 Å². The summed E-state index contributed by atoms with van der Waals surface area (Å²) in [4.78, 5) is 36.7. The fourth-order valence-electron chi connectivity index (χ4n) is 2.34. The van der Waals surface area contributed by atoms with E-state index in [1.54, 1.807) is 37.3 Å². The van der Waals surface area contributed by atoms with Crippen molar-refractivity contribution in [3.05, 3.63) is 51.4 Å². The third-order valence-electron chi connectivity index (χ3n) is 3.83. The maximum Gasteiger partial charge on any atom is 0.262 e. The standard InChI is InChI=1S/C18H18ClN3O3S/c1-10-8-15(22-17(24)12-4-2-3-5-13(12)19)26-16(10)18(25)20-9-14(23)21-11-6-7-11/h2-5,8,11H,6-7,9H2,1H3,(H,20,25)(H,21,23)(H,22,24). The fourth-order valence-corrected chi connectivity index (χ4v) is 3.55. The fraction of sp³-hybridized carbons (Fsp3) is 0.278. The normalized spacial score (nSPS) is 13.2. The van der Waals surface area contributed by atoms with Crippen LogP contribution in [0.15, 0.2) is 30.3 Å². The number of hydrogen-bond acceptors (Lipinski definition) is 4. The topological polar surface area (TPSA) is 87.3 Å². The van der Waals surface area contributed by atoms with Gasteiger partial charge in [0, 0.05) is 6.04 Å². The molecule has 1 saturated carbocycles. The molecule has 1 fully saturated rings. The second-order valence-corrected chi connectivity index (χ2v) is 7.54. The van der Waals surface area contributed by atoms with Crippen molar-refractivity contribution in [3.8, 4) is 0 Å².